The number of carbonyl (C=O) groups excluding carboxylic acids is 1. The molecule has 0 spiro atoms. The van der Waals surface area contributed by atoms with Crippen LogP contribution in [0.15, 0.2) is 30.7 Å². The Bertz CT molecular complexity index is 555. The van der Waals surface area contributed by atoms with Gasteiger partial charge in [0.15, 0.2) is 0 Å². The van der Waals surface area contributed by atoms with Crippen LogP contribution in [0.5, 0.6) is 0 Å². The van der Waals surface area contributed by atoms with Crippen LogP contribution in [-0.4, -0.2) is 27.4 Å². The lowest BCUT2D eigenvalue weighted by atomic mass is 10.4. The minimum Gasteiger partial charge on any atom is -0.369 e. The Balaban J connectivity index is 2.05. The fourth-order valence-electron chi connectivity index (χ4n) is 1.35. The number of rotatable bonds is 4. The van der Waals surface area contributed by atoms with E-state index in [1.807, 2.05) is 6.92 Å². The van der Waals surface area contributed by atoms with E-state index in [0.29, 0.717) is 16.7 Å². The molecule has 0 aliphatic carbocycles. The van der Waals surface area contributed by atoms with Gasteiger partial charge in [-0.25, -0.2) is 15.0 Å². The van der Waals surface area contributed by atoms with E-state index in [1.165, 1.54) is 18.6 Å². The minimum atomic E-state index is -0.370. The molecule has 0 atom stereocenters. The summed E-state index contributed by atoms with van der Waals surface area (Å²) in [4.78, 5) is 23.9. The molecule has 2 N–H and O–H groups in total. The van der Waals surface area contributed by atoms with E-state index in [9.17, 15) is 4.79 Å². The summed E-state index contributed by atoms with van der Waals surface area (Å²) in [6.45, 7) is 2.70. The molecule has 0 saturated carbocycles. The molecule has 98 valence electrons. The second-order valence-corrected chi connectivity index (χ2v) is 4.07. The van der Waals surface area contributed by atoms with Crippen LogP contribution in [0.3, 0.4) is 0 Å². The summed E-state index contributed by atoms with van der Waals surface area (Å²) in [5.74, 6) is 0.668. The molecule has 0 aromatic carbocycles. The second kappa shape index (κ2) is 6.10. The van der Waals surface area contributed by atoms with Crippen molar-refractivity contribution in [3.63, 3.8) is 0 Å². The van der Waals surface area contributed by atoms with Gasteiger partial charge >= 0.3 is 0 Å². The molecule has 2 rings (SSSR count). The van der Waals surface area contributed by atoms with Crippen molar-refractivity contribution in [2.45, 2.75) is 6.92 Å². The molecule has 0 bridgehead atoms. The highest BCUT2D eigenvalue weighted by Gasteiger charge is 2.08. The molecular weight excluding hydrogens is 266 g/mol. The van der Waals surface area contributed by atoms with Crippen LogP contribution in [0.4, 0.5) is 11.6 Å². The highest BCUT2D eigenvalue weighted by atomic mass is 35.5. The molecule has 0 saturated heterocycles. The number of anilines is 2. The van der Waals surface area contributed by atoms with Crippen LogP contribution in [0.25, 0.3) is 0 Å². The smallest absolute Gasteiger partial charge is 0.277 e. The summed E-state index contributed by atoms with van der Waals surface area (Å²) in [5.41, 5.74) is 0.221. The zero-order chi connectivity index (χ0) is 13.7. The topological polar surface area (TPSA) is 79.8 Å². The van der Waals surface area contributed by atoms with Crippen molar-refractivity contribution in [2.24, 2.45) is 0 Å². The highest BCUT2D eigenvalue weighted by Crippen LogP contribution is 2.10. The van der Waals surface area contributed by atoms with Crippen molar-refractivity contribution in [1.82, 2.24) is 15.0 Å². The number of pyridine rings is 1. The SMILES string of the molecule is CCNc1cnc(C(=O)Nc2ccc(Cl)cn2)cn1. The Morgan fingerprint density at radius 1 is 1.16 bits per heavy atom. The number of carbonyl (C=O) groups is 1. The number of amides is 1. The van der Waals surface area contributed by atoms with Gasteiger partial charge in [-0.05, 0) is 19.1 Å². The molecule has 2 heterocycles. The molecule has 0 aliphatic rings. The highest BCUT2D eigenvalue weighted by molar-refractivity contribution is 6.30. The third-order valence-electron chi connectivity index (χ3n) is 2.21. The first-order valence-electron chi connectivity index (χ1n) is 5.68. The summed E-state index contributed by atoms with van der Waals surface area (Å²) >= 11 is 5.71. The van der Waals surface area contributed by atoms with Gasteiger partial charge < -0.3 is 10.6 Å². The van der Waals surface area contributed by atoms with Crippen molar-refractivity contribution in [2.75, 3.05) is 17.2 Å². The van der Waals surface area contributed by atoms with E-state index in [-0.39, 0.29) is 11.6 Å². The lowest BCUT2D eigenvalue weighted by Gasteiger charge is -2.05. The summed E-state index contributed by atoms with van der Waals surface area (Å²) in [5, 5.41) is 6.11. The predicted octanol–water partition coefficient (Wildman–Crippen LogP) is 2.21. The molecule has 0 fully saturated rings. The van der Waals surface area contributed by atoms with Crippen LogP contribution in [0.2, 0.25) is 5.02 Å². The number of nitrogens with one attached hydrogen (secondary N) is 2. The van der Waals surface area contributed by atoms with E-state index >= 15 is 0 Å². The molecule has 6 nitrogen and oxygen atoms in total. The summed E-state index contributed by atoms with van der Waals surface area (Å²) in [6.07, 6.45) is 4.37. The third-order valence-corrected chi connectivity index (χ3v) is 2.43. The fourth-order valence-corrected chi connectivity index (χ4v) is 1.46. The first-order chi connectivity index (χ1) is 9.19. The van der Waals surface area contributed by atoms with Crippen LogP contribution in [-0.2, 0) is 0 Å². The third kappa shape index (κ3) is 3.62. The molecule has 19 heavy (non-hydrogen) atoms. The molecule has 0 radical (unpaired) electrons. The largest absolute Gasteiger partial charge is 0.369 e. The Morgan fingerprint density at radius 3 is 2.53 bits per heavy atom. The number of nitrogens with zero attached hydrogens (tertiary/aromatic N) is 3. The van der Waals surface area contributed by atoms with Crippen LogP contribution in [0, 0.1) is 0 Å². The van der Waals surface area contributed by atoms with Gasteiger partial charge in [-0.2, -0.15) is 0 Å². The van der Waals surface area contributed by atoms with E-state index in [4.69, 9.17) is 11.6 Å². The molecule has 0 aliphatic heterocycles. The Labute approximate surface area is 115 Å². The molecule has 2 aromatic rings. The Hall–Kier alpha value is -2.21. The van der Waals surface area contributed by atoms with Gasteiger partial charge in [0.1, 0.15) is 17.3 Å². The maximum Gasteiger partial charge on any atom is 0.277 e. The molecule has 0 unspecified atom stereocenters. The average molecular weight is 278 g/mol. The molecular formula is C12H12ClN5O. The first kappa shape index (κ1) is 13.2. The molecule has 7 heteroatoms. The standard InChI is InChI=1S/C12H12ClN5O/c1-2-14-11-7-15-9(6-17-11)12(19)18-10-4-3-8(13)5-16-10/h3-7H,2H2,1H3,(H,14,17)(H,16,18,19). The number of aromatic nitrogens is 3. The lowest BCUT2D eigenvalue weighted by Crippen LogP contribution is -2.15. The van der Waals surface area contributed by atoms with Gasteiger partial charge in [-0.3, -0.25) is 4.79 Å². The zero-order valence-corrected chi connectivity index (χ0v) is 11.0. The van der Waals surface area contributed by atoms with E-state index in [0.717, 1.165) is 6.54 Å². The van der Waals surface area contributed by atoms with Crippen LogP contribution >= 0.6 is 11.6 Å². The Kier molecular flexibility index (Phi) is 4.25. The zero-order valence-electron chi connectivity index (χ0n) is 10.2. The van der Waals surface area contributed by atoms with Gasteiger partial charge in [0.2, 0.25) is 0 Å². The lowest BCUT2D eigenvalue weighted by molar-refractivity contribution is 0.102. The molecule has 1 amide bonds. The summed E-state index contributed by atoms with van der Waals surface area (Å²) in [6, 6.07) is 3.25. The van der Waals surface area contributed by atoms with Gasteiger partial charge in [0, 0.05) is 12.7 Å². The quantitative estimate of drug-likeness (QED) is 0.896. The van der Waals surface area contributed by atoms with Crippen LogP contribution in [0.1, 0.15) is 17.4 Å². The Morgan fingerprint density at radius 2 is 1.95 bits per heavy atom. The number of halogens is 1. The summed E-state index contributed by atoms with van der Waals surface area (Å²) < 4.78 is 0. The monoisotopic (exact) mass is 277 g/mol. The maximum atomic E-state index is 11.9. The maximum absolute atomic E-state index is 11.9. The number of hydrogen-bond donors (Lipinski definition) is 2. The second-order valence-electron chi connectivity index (χ2n) is 3.63. The predicted molar refractivity (Wildman–Crippen MR) is 73.4 cm³/mol. The van der Waals surface area contributed by atoms with Crippen molar-refractivity contribution in [3.8, 4) is 0 Å². The van der Waals surface area contributed by atoms with E-state index in [2.05, 4.69) is 25.6 Å². The van der Waals surface area contributed by atoms with Gasteiger partial charge in [0.25, 0.3) is 5.91 Å². The average Bonchev–Trinajstić information content (AvgIpc) is 2.42. The summed E-state index contributed by atoms with van der Waals surface area (Å²) in [7, 11) is 0. The van der Waals surface area contributed by atoms with Crippen molar-refractivity contribution in [3.05, 3.63) is 41.4 Å². The van der Waals surface area contributed by atoms with Gasteiger partial charge in [-0.1, -0.05) is 11.6 Å². The van der Waals surface area contributed by atoms with E-state index < -0.39 is 0 Å². The van der Waals surface area contributed by atoms with Gasteiger partial charge in [0.05, 0.1) is 17.4 Å². The first-order valence-corrected chi connectivity index (χ1v) is 6.05. The van der Waals surface area contributed by atoms with Crippen LogP contribution < -0.4 is 10.6 Å². The van der Waals surface area contributed by atoms with Crippen molar-refractivity contribution < 1.29 is 4.79 Å². The molecule has 2 aromatic heterocycles. The van der Waals surface area contributed by atoms with E-state index in [1.54, 1.807) is 12.1 Å². The van der Waals surface area contributed by atoms with Crippen molar-refractivity contribution >= 4 is 29.1 Å². The van der Waals surface area contributed by atoms with Gasteiger partial charge in [-0.15, -0.1) is 0 Å². The van der Waals surface area contributed by atoms with Crippen molar-refractivity contribution in [1.29, 1.82) is 0 Å². The minimum absolute atomic E-state index is 0.221. The normalized spacial score (nSPS) is 10.0. The number of hydrogen-bond acceptors (Lipinski definition) is 5. The fraction of sp³-hybridized carbons (Fsp3) is 0.167.